The van der Waals surface area contributed by atoms with Crippen molar-refractivity contribution in [1.29, 1.82) is 0 Å². The van der Waals surface area contributed by atoms with Crippen molar-refractivity contribution in [2.75, 3.05) is 37.6 Å². The highest BCUT2D eigenvalue weighted by Crippen LogP contribution is 2.36. The van der Waals surface area contributed by atoms with Gasteiger partial charge in [-0.15, -0.1) is 0 Å². The smallest absolute Gasteiger partial charge is 0.410 e. The molecule has 0 saturated carbocycles. The van der Waals surface area contributed by atoms with Crippen LogP contribution < -0.4 is 4.90 Å². The van der Waals surface area contributed by atoms with Crippen molar-refractivity contribution in [2.24, 2.45) is 0 Å². The van der Waals surface area contributed by atoms with Gasteiger partial charge in [-0.3, -0.25) is 0 Å². The number of pyridine rings is 1. The maximum absolute atomic E-state index is 13.3. The third-order valence-electron chi connectivity index (χ3n) is 6.24. The number of aromatic nitrogens is 1. The average Bonchev–Trinajstić information content (AvgIpc) is 3.29. The van der Waals surface area contributed by atoms with E-state index in [0.717, 1.165) is 29.8 Å². The van der Waals surface area contributed by atoms with Gasteiger partial charge in [-0.25, -0.2) is 18.2 Å². The number of ether oxygens (including phenoxy) is 1. The molecule has 0 N–H and O–H groups in total. The average molecular weight is 487 g/mol. The molecule has 0 bridgehead atoms. The van der Waals surface area contributed by atoms with E-state index in [2.05, 4.69) is 9.88 Å². The summed E-state index contributed by atoms with van der Waals surface area (Å²) in [4.78, 5) is 21.1. The maximum Gasteiger partial charge on any atom is 0.410 e. The van der Waals surface area contributed by atoms with Crippen LogP contribution in [-0.4, -0.2) is 67.0 Å². The summed E-state index contributed by atoms with van der Waals surface area (Å²) in [5, 5.41) is 0. The van der Waals surface area contributed by atoms with Gasteiger partial charge in [0.15, 0.2) is 0 Å². The second-order valence-electron chi connectivity index (χ2n) is 9.99. The Balaban J connectivity index is 1.42. The predicted octanol–water partition coefficient (Wildman–Crippen LogP) is 3.97. The van der Waals surface area contributed by atoms with Gasteiger partial charge < -0.3 is 14.5 Å². The minimum absolute atomic E-state index is 0.211. The van der Waals surface area contributed by atoms with Gasteiger partial charge in [0.05, 0.1) is 10.9 Å². The molecule has 2 aromatic rings. The Bertz CT molecular complexity index is 1100. The topological polar surface area (TPSA) is 83.1 Å². The number of carbonyl (C=O) groups excluding carboxylic acids is 1. The number of aryl methyl sites for hydroxylation is 1. The highest BCUT2D eigenvalue weighted by atomic mass is 32.2. The maximum atomic E-state index is 13.3. The van der Waals surface area contributed by atoms with E-state index < -0.39 is 15.6 Å². The summed E-state index contributed by atoms with van der Waals surface area (Å²) in [6.07, 6.45) is 3.11. The van der Waals surface area contributed by atoms with Crippen LogP contribution in [0.5, 0.6) is 0 Å². The zero-order chi connectivity index (χ0) is 24.5. The van der Waals surface area contributed by atoms with E-state index >= 15 is 0 Å². The van der Waals surface area contributed by atoms with Crippen LogP contribution in [0.2, 0.25) is 0 Å². The molecule has 2 aliphatic heterocycles. The molecular weight excluding hydrogens is 452 g/mol. The van der Waals surface area contributed by atoms with Crippen LogP contribution in [0.15, 0.2) is 47.5 Å². The van der Waals surface area contributed by atoms with Crippen LogP contribution in [0.3, 0.4) is 0 Å². The number of amides is 1. The number of anilines is 1. The van der Waals surface area contributed by atoms with Crippen LogP contribution in [0.4, 0.5) is 10.6 Å². The van der Waals surface area contributed by atoms with Gasteiger partial charge in [-0.2, -0.15) is 4.31 Å². The molecule has 8 nitrogen and oxygen atoms in total. The summed E-state index contributed by atoms with van der Waals surface area (Å²) >= 11 is 0. The lowest BCUT2D eigenvalue weighted by Crippen LogP contribution is -2.50. The molecular formula is C25H34N4O4S. The number of nitrogens with zero attached hydrogens (tertiary/aromatic N) is 4. The largest absolute Gasteiger partial charge is 0.444 e. The molecule has 0 aliphatic carbocycles. The monoisotopic (exact) mass is 486 g/mol. The van der Waals surface area contributed by atoms with Gasteiger partial charge in [0, 0.05) is 38.9 Å². The van der Waals surface area contributed by atoms with E-state index in [1.165, 1.54) is 0 Å². The van der Waals surface area contributed by atoms with Gasteiger partial charge >= 0.3 is 6.09 Å². The summed E-state index contributed by atoms with van der Waals surface area (Å²) in [6, 6.07) is 10.7. The normalized spacial score (nSPS) is 19.9. The van der Waals surface area contributed by atoms with Crippen LogP contribution >= 0.6 is 0 Å². The van der Waals surface area contributed by atoms with Gasteiger partial charge in [-0.1, -0.05) is 23.8 Å². The summed E-state index contributed by atoms with van der Waals surface area (Å²) in [5.41, 5.74) is 1.43. The van der Waals surface area contributed by atoms with Gasteiger partial charge in [-0.05, 0) is 64.3 Å². The Morgan fingerprint density at radius 3 is 2.26 bits per heavy atom. The lowest BCUT2D eigenvalue weighted by molar-refractivity contribution is 0.0240. The third-order valence-corrected chi connectivity index (χ3v) is 8.16. The number of benzene rings is 1. The van der Waals surface area contributed by atoms with Gasteiger partial charge in [0.25, 0.3) is 0 Å². The van der Waals surface area contributed by atoms with E-state index in [-0.39, 0.29) is 12.1 Å². The molecule has 4 rings (SSSR count). The fourth-order valence-electron chi connectivity index (χ4n) is 4.43. The molecule has 1 aromatic carbocycles. The number of sulfonamides is 1. The van der Waals surface area contributed by atoms with E-state index in [0.29, 0.717) is 37.6 Å². The van der Waals surface area contributed by atoms with Gasteiger partial charge in [0.2, 0.25) is 10.0 Å². The van der Waals surface area contributed by atoms with Crippen LogP contribution in [-0.2, 0) is 14.8 Å². The lowest BCUT2D eigenvalue weighted by Gasteiger charge is -2.36. The Labute approximate surface area is 202 Å². The molecule has 9 heteroatoms. The molecule has 1 amide bonds. The van der Waals surface area contributed by atoms with Crippen molar-refractivity contribution in [3.63, 3.8) is 0 Å². The number of carbonyl (C=O) groups is 1. The van der Waals surface area contributed by atoms with Crippen LogP contribution in [0.25, 0.3) is 0 Å². The second kappa shape index (κ2) is 9.54. The summed E-state index contributed by atoms with van der Waals surface area (Å²) < 4.78 is 33.6. The molecule has 184 valence electrons. The molecule has 1 aromatic heterocycles. The molecule has 2 aliphatic rings. The quantitative estimate of drug-likeness (QED) is 0.650. The zero-order valence-corrected chi connectivity index (χ0v) is 21.2. The Hall–Kier alpha value is -2.65. The molecule has 0 radical (unpaired) electrons. The first-order valence-electron chi connectivity index (χ1n) is 11.8. The van der Waals surface area contributed by atoms with Crippen molar-refractivity contribution in [2.45, 2.75) is 57.1 Å². The van der Waals surface area contributed by atoms with Crippen molar-refractivity contribution in [3.8, 4) is 0 Å². The van der Waals surface area contributed by atoms with Crippen LogP contribution in [0, 0.1) is 6.92 Å². The van der Waals surface area contributed by atoms with Crippen molar-refractivity contribution < 1.29 is 17.9 Å². The fourth-order valence-corrected chi connectivity index (χ4v) is 6.12. The van der Waals surface area contributed by atoms with Crippen molar-refractivity contribution >= 4 is 21.9 Å². The lowest BCUT2D eigenvalue weighted by atomic mass is 10.1. The standard InChI is InChI=1S/C25H34N4O4S/c1-19-7-10-21(11-8-19)34(31,32)29-13-5-6-22(29)20-9-12-23(26-18-20)27-14-16-28(17-15-27)24(30)33-25(2,3)4/h7-12,18,22H,5-6,13-17H2,1-4H3. The minimum Gasteiger partial charge on any atom is -0.444 e. The Morgan fingerprint density at radius 2 is 1.68 bits per heavy atom. The number of rotatable bonds is 4. The molecule has 34 heavy (non-hydrogen) atoms. The van der Waals surface area contributed by atoms with E-state index in [4.69, 9.17) is 4.74 Å². The first kappa shape index (κ1) is 24.5. The van der Waals surface area contributed by atoms with Crippen LogP contribution in [0.1, 0.15) is 50.8 Å². The highest BCUT2D eigenvalue weighted by molar-refractivity contribution is 7.89. The first-order valence-corrected chi connectivity index (χ1v) is 13.3. The van der Waals surface area contributed by atoms with Crippen molar-refractivity contribution in [1.82, 2.24) is 14.2 Å². The molecule has 1 unspecified atom stereocenters. The Morgan fingerprint density at radius 1 is 1.00 bits per heavy atom. The van der Waals surface area contributed by atoms with E-state index in [1.54, 1.807) is 27.5 Å². The summed E-state index contributed by atoms with van der Waals surface area (Å²) in [6.45, 7) is 10.5. The first-order chi connectivity index (χ1) is 16.0. The minimum atomic E-state index is -3.57. The molecule has 2 saturated heterocycles. The summed E-state index contributed by atoms with van der Waals surface area (Å²) in [5.74, 6) is 0.832. The number of hydrogen-bond donors (Lipinski definition) is 0. The zero-order valence-electron chi connectivity index (χ0n) is 20.4. The molecule has 0 spiro atoms. The van der Waals surface area contributed by atoms with Gasteiger partial charge in [0.1, 0.15) is 11.4 Å². The molecule has 2 fully saturated rings. The third kappa shape index (κ3) is 5.36. The SMILES string of the molecule is Cc1ccc(S(=O)(=O)N2CCCC2c2ccc(N3CCN(C(=O)OC(C)(C)C)CC3)nc2)cc1. The predicted molar refractivity (Wildman–Crippen MR) is 131 cm³/mol. The second-order valence-corrected chi connectivity index (χ2v) is 11.9. The van der Waals surface area contributed by atoms with Crippen molar-refractivity contribution in [3.05, 3.63) is 53.7 Å². The molecule has 3 heterocycles. The molecule has 1 atom stereocenters. The highest BCUT2D eigenvalue weighted by Gasteiger charge is 2.36. The van der Waals surface area contributed by atoms with E-state index in [9.17, 15) is 13.2 Å². The number of piperazine rings is 1. The summed E-state index contributed by atoms with van der Waals surface area (Å²) in [7, 11) is -3.57. The Kier molecular flexibility index (Phi) is 6.87. The van der Waals surface area contributed by atoms with E-state index in [1.807, 2.05) is 52.0 Å². The fraction of sp³-hybridized carbons (Fsp3) is 0.520. The number of hydrogen-bond acceptors (Lipinski definition) is 6.